The number of ether oxygens (including phenoxy) is 2. The normalized spacial score (nSPS) is 12.9. The third-order valence-electron chi connectivity index (χ3n) is 5.58. The minimum atomic E-state index is -3.88. The molecule has 0 aromatic heterocycles. The van der Waals surface area contributed by atoms with E-state index < -0.39 is 15.9 Å². The smallest absolute Gasteiger partial charge is 0.264 e. The number of nitrogens with one attached hydrogen (secondary N) is 1. The van der Waals surface area contributed by atoms with Gasteiger partial charge in [0.1, 0.15) is 11.5 Å². The lowest BCUT2D eigenvalue weighted by Crippen LogP contribution is -2.29. The van der Waals surface area contributed by atoms with E-state index in [4.69, 9.17) is 21.1 Å². The molecule has 9 heteroatoms. The highest BCUT2D eigenvalue weighted by Crippen LogP contribution is 2.35. The quantitative estimate of drug-likeness (QED) is 0.547. The average Bonchev–Trinajstić information content (AvgIpc) is 3.26. The molecule has 0 saturated heterocycles. The molecule has 3 aromatic carbocycles. The number of halogens is 1. The van der Waals surface area contributed by atoms with E-state index in [-0.39, 0.29) is 16.2 Å². The fourth-order valence-corrected chi connectivity index (χ4v) is 5.51. The molecule has 1 heterocycles. The molecule has 0 spiro atoms. The van der Waals surface area contributed by atoms with E-state index in [0.29, 0.717) is 35.1 Å². The standard InChI is InChI=1S/C24H23ClN2O5S/c1-15-12-20(23(32-3)14-19(15)25)26-24(28)18-13-17(8-9-22(18)31-2)33(29,30)27-11-10-16-6-4-5-7-21(16)27/h4-9,12-14H,10-11H2,1-3H3,(H,26,28). The van der Waals surface area contributed by atoms with Crippen LogP contribution in [-0.2, 0) is 16.4 Å². The molecular formula is C24H23ClN2O5S. The van der Waals surface area contributed by atoms with Gasteiger partial charge in [-0.15, -0.1) is 0 Å². The number of hydrogen-bond donors (Lipinski definition) is 1. The second kappa shape index (κ2) is 8.96. The van der Waals surface area contributed by atoms with Gasteiger partial charge in [0, 0.05) is 17.6 Å². The van der Waals surface area contributed by atoms with Crippen LogP contribution in [0.3, 0.4) is 0 Å². The van der Waals surface area contributed by atoms with Gasteiger partial charge in [0.05, 0.1) is 36.1 Å². The van der Waals surface area contributed by atoms with E-state index in [1.165, 1.54) is 36.7 Å². The summed E-state index contributed by atoms with van der Waals surface area (Å²) in [6.07, 6.45) is 0.634. The lowest BCUT2D eigenvalue weighted by molar-refractivity contribution is 0.102. The predicted molar refractivity (Wildman–Crippen MR) is 128 cm³/mol. The summed E-state index contributed by atoms with van der Waals surface area (Å²) >= 11 is 6.15. The van der Waals surface area contributed by atoms with Crippen LogP contribution in [0.15, 0.2) is 59.5 Å². The van der Waals surface area contributed by atoms with Crippen molar-refractivity contribution in [3.8, 4) is 11.5 Å². The van der Waals surface area contributed by atoms with Crippen molar-refractivity contribution < 1.29 is 22.7 Å². The molecule has 7 nitrogen and oxygen atoms in total. The molecule has 4 rings (SSSR count). The number of anilines is 2. The van der Waals surface area contributed by atoms with Crippen molar-refractivity contribution in [3.63, 3.8) is 0 Å². The minimum absolute atomic E-state index is 0.00408. The van der Waals surface area contributed by atoms with Crippen molar-refractivity contribution >= 4 is 38.9 Å². The van der Waals surface area contributed by atoms with Crippen LogP contribution in [0.25, 0.3) is 0 Å². The number of carbonyl (C=O) groups excluding carboxylic acids is 1. The van der Waals surface area contributed by atoms with Gasteiger partial charge in [0.2, 0.25) is 0 Å². The Hall–Kier alpha value is -3.23. The molecule has 0 fully saturated rings. The number of benzene rings is 3. The maximum Gasteiger partial charge on any atom is 0.264 e. The molecule has 1 amide bonds. The Kier molecular flexibility index (Phi) is 6.23. The zero-order valence-electron chi connectivity index (χ0n) is 18.4. The van der Waals surface area contributed by atoms with Crippen LogP contribution in [0.1, 0.15) is 21.5 Å². The number of carbonyl (C=O) groups is 1. The summed E-state index contributed by atoms with van der Waals surface area (Å²) in [6.45, 7) is 2.15. The van der Waals surface area contributed by atoms with E-state index in [1.807, 2.05) is 12.1 Å². The molecule has 0 saturated carbocycles. The van der Waals surface area contributed by atoms with Gasteiger partial charge in [-0.3, -0.25) is 9.10 Å². The van der Waals surface area contributed by atoms with E-state index in [2.05, 4.69) is 5.32 Å². The van der Waals surface area contributed by atoms with Gasteiger partial charge in [-0.05, 0) is 54.8 Å². The van der Waals surface area contributed by atoms with Crippen LogP contribution in [0.2, 0.25) is 5.02 Å². The number of methoxy groups -OCH3 is 2. The lowest BCUT2D eigenvalue weighted by Gasteiger charge is -2.20. The number of sulfonamides is 1. The zero-order valence-corrected chi connectivity index (χ0v) is 20.0. The van der Waals surface area contributed by atoms with Crippen molar-refractivity contribution in [3.05, 3.63) is 76.3 Å². The number of aryl methyl sites for hydroxylation is 1. The number of para-hydroxylation sites is 1. The molecule has 172 valence electrons. The average molecular weight is 487 g/mol. The Morgan fingerprint density at radius 2 is 1.76 bits per heavy atom. The van der Waals surface area contributed by atoms with Crippen LogP contribution >= 0.6 is 11.6 Å². The fraction of sp³-hybridized carbons (Fsp3) is 0.208. The summed E-state index contributed by atoms with van der Waals surface area (Å²) < 4.78 is 38.9. The van der Waals surface area contributed by atoms with Gasteiger partial charge in [-0.2, -0.15) is 0 Å². The number of fused-ring (bicyclic) bond motifs is 1. The summed E-state index contributed by atoms with van der Waals surface area (Å²) in [5.74, 6) is 0.0963. The summed E-state index contributed by atoms with van der Waals surface area (Å²) in [6, 6.07) is 14.9. The van der Waals surface area contributed by atoms with Gasteiger partial charge in [-0.25, -0.2) is 8.42 Å². The Morgan fingerprint density at radius 3 is 2.48 bits per heavy atom. The van der Waals surface area contributed by atoms with Gasteiger partial charge in [0.25, 0.3) is 15.9 Å². The first-order valence-electron chi connectivity index (χ1n) is 10.2. The lowest BCUT2D eigenvalue weighted by atomic mass is 10.1. The van der Waals surface area contributed by atoms with Crippen LogP contribution in [0.4, 0.5) is 11.4 Å². The van der Waals surface area contributed by atoms with E-state index >= 15 is 0 Å². The first kappa shape index (κ1) is 22.9. The van der Waals surface area contributed by atoms with E-state index in [9.17, 15) is 13.2 Å². The van der Waals surface area contributed by atoms with Gasteiger partial charge >= 0.3 is 0 Å². The van der Waals surface area contributed by atoms with Gasteiger partial charge in [0.15, 0.2) is 0 Å². The Bertz CT molecular complexity index is 1340. The highest BCUT2D eigenvalue weighted by Gasteiger charge is 2.31. The van der Waals surface area contributed by atoms with Crippen molar-refractivity contribution in [1.29, 1.82) is 0 Å². The Balaban J connectivity index is 1.71. The SMILES string of the molecule is COc1cc(Cl)c(C)cc1NC(=O)c1cc(S(=O)(=O)N2CCc3ccccc32)ccc1OC. The first-order valence-corrected chi connectivity index (χ1v) is 12.0. The number of amides is 1. The third-order valence-corrected chi connectivity index (χ3v) is 7.79. The molecule has 0 bridgehead atoms. The van der Waals surface area contributed by atoms with Crippen LogP contribution < -0.4 is 19.1 Å². The maximum atomic E-state index is 13.4. The zero-order chi connectivity index (χ0) is 23.8. The molecule has 0 radical (unpaired) electrons. The van der Waals surface area contributed by atoms with Gasteiger partial charge in [-0.1, -0.05) is 29.8 Å². The number of hydrogen-bond acceptors (Lipinski definition) is 5. The first-order chi connectivity index (χ1) is 15.8. The molecule has 33 heavy (non-hydrogen) atoms. The maximum absolute atomic E-state index is 13.4. The largest absolute Gasteiger partial charge is 0.496 e. The Labute approximate surface area is 197 Å². The molecular weight excluding hydrogens is 464 g/mol. The molecule has 0 atom stereocenters. The van der Waals surface area contributed by atoms with Crippen LogP contribution in [0.5, 0.6) is 11.5 Å². The van der Waals surface area contributed by atoms with Gasteiger partial charge < -0.3 is 14.8 Å². The molecule has 1 aliphatic heterocycles. The van der Waals surface area contributed by atoms with E-state index in [1.54, 1.807) is 31.2 Å². The Morgan fingerprint density at radius 1 is 1.03 bits per heavy atom. The highest BCUT2D eigenvalue weighted by atomic mass is 35.5. The number of rotatable bonds is 6. The second-order valence-electron chi connectivity index (χ2n) is 7.57. The van der Waals surface area contributed by atoms with Crippen molar-refractivity contribution in [2.24, 2.45) is 0 Å². The predicted octanol–water partition coefficient (Wildman–Crippen LogP) is 4.67. The molecule has 0 aliphatic carbocycles. The van der Waals surface area contributed by atoms with Crippen LogP contribution in [-0.4, -0.2) is 35.1 Å². The van der Waals surface area contributed by atoms with Crippen LogP contribution in [0, 0.1) is 6.92 Å². The van der Waals surface area contributed by atoms with Crippen molar-refractivity contribution in [1.82, 2.24) is 0 Å². The summed E-state index contributed by atoms with van der Waals surface area (Å²) in [4.78, 5) is 13.2. The summed E-state index contributed by atoms with van der Waals surface area (Å²) in [7, 11) is -0.984. The topological polar surface area (TPSA) is 84.9 Å². The summed E-state index contributed by atoms with van der Waals surface area (Å²) in [5.41, 5.74) is 2.87. The molecule has 1 N–H and O–H groups in total. The number of nitrogens with zero attached hydrogens (tertiary/aromatic N) is 1. The third kappa shape index (κ3) is 4.24. The molecule has 3 aromatic rings. The second-order valence-corrected chi connectivity index (χ2v) is 9.84. The molecule has 1 aliphatic rings. The summed E-state index contributed by atoms with van der Waals surface area (Å²) in [5, 5.41) is 3.27. The minimum Gasteiger partial charge on any atom is -0.496 e. The fourth-order valence-electron chi connectivity index (χ4n) is 3.83. The highest BCUT2D eigenvalue weighted by molar-refractivity contribution is 7.92. The van der Waals surface area contributed by atoms with Crippen molar-refractivity contribution in [2.75, 3.05) is 30.4 Å². The van der Waals surface area contributed by atoms with Crippen molar-refractivity contribution in [2.45, 2.75) is 18.2 Å². The monoisotopic (exact) mass is 486 g/mol. The molecule has 0 unspecified atom stereocenters. The van der Waals surface area contributed by atoms with E-state index in [0.717, 1.165) is 11.1 Å².